The number of nitrogens with zero attached hydrogens (tertiary/aromatic N) is 1. The lowest BCUT2D eigenvalue weighted by atomic mass is 10.0. The number of hydrogen-bond donors (Lipinski definition) is 1. The zero-order chi connectivity index (χ0) is 15.4. The first-order valence-corrected chi connectivity index (χ1v) is 7.41. The minimum atomic E-state index is -0.0493. The molecule has 1 aliphatic heterocycles. The quantitative estimate of drug-likeness (QED) is 0.843. The third kappa shape index (κ3) is 3.42. The number of carbonyl (C=O) groups is 2. The van der Waals surface area contributed by atoms with Crippen molar-refractivity contribution in [2.75, 3.05) is 18.0 Å². The Labute approximate surface area is 125 Å². The number of amides is 1. The number of hydrogen-bond acceptors (Lipinski definition) is 4. The van der Waals surface area contributed by atoms with Crippen molar-refractivity contribution in [3.63, 3.8) is 0 Å². The van der Waals surface area contributed by atoms with Gasteiger partial charge >= 0.3 is 0 Å². The molecule has 114 valence electrons. The van der Waals surface area contributed by atoms with Gasteiger partial charge in [0.25, 0.3) is 0 Å². The van der Waals surface area contributed by atoms with Crippen molar-refractivity contribution in [2.24, 2.45) is 5.73 Å². The van der Waals surface area contributed by atoms with E-state index in [9.17, 15) is 9.59 Å². The van der Waals surface area contributed by atoms with Gasteiger partial charge in [-0.05, 0) is 38.1 Å². The van der Waals surface area contributed by atoms with Gasteiger partial charge in [0.2, 0.25) is 5.91 Å². The van der Waals surface area contributed by atoms with Gasteiger partial charge in [-0.15, -0.1) is 0 Å². The van der Waals surface area contributed by atoms with Gasteiger partial charge in [0.05, 0.1) is 12.2 Å². The van der Waals surface area contributed by atoms with Crippen molar-refractivity contribution in [1.29, 1.82) is 0 Å². The Balaban J connectivity index is 2.31. The SMILES string of the molecule is CCC(=O)N1CC(C)Oc2ccc(C(=O)CCCN)cc21. The molecule has 2 N–H and O–H groups in total. The molecule has 0 fully saturated rings. The summed E-state index contributed by atoms with van der Waals surface area (Å²) < 4.78 is 5.75. The van der Waals surface area contributed by atoms with Crippen LogP contribution in [0.3, 0.4) is 0 Å². The molecule has 5 heteroatoms. The number of benzene rings is 1. The standard InChI is InChI=1S/C16H22N2O3/c1-3-16(20)18-10-11(2)21-15-7-6-12(9-13(15)18)14(19)5-4-8-17/h6-7,9,11H,3-5,8,10,17H2,1-2H3. The minimum absolute atomic E-state index is 0.0398. The van der Waals surface area contributed by atoms with Crippen molar-refractivity contribution >= 4 is 17.4 Å². The molecule has 1 aliphatic rings. The van der Waals surface area contributed by atoms with Crippen LogP contribution in [0.1, 0.15) is 43.5 Å². The number of fused-ring (bicyclic) bond motifs is 1. The highest BCUT2D eigenvalue weighted by atomic mass is 16.5. The average Bonchev–Trinajstić information content (AvgIpc) is 2.50. The van der Waals surface area contributed by atoms with Crippen LogP contribution < -0.4 is 15.4 Å². The maximum atomic E-state index is 12.1. The molecule has 0 bridgehead atoms. The smallest absolute Gasteiger partial charge is 0.226 e. The zero-order valence-electron chi connectivity index (χ0n) is 12.6. The Morgan fingerprint density at radius 2 is 2.19 bits per heavy atom. The van der Waals surface area contributed by atoms with Crippen LogP contribution in [-0.4, -0.2) is 30.9 Å². The lowest BCUT2D eigenvalue weighted by Gasteiger charge is -2.33. The molecule has 1 amide bonds. The Morgan fingerprint density at radius 3 is 2.86 bits per heavy atom. The van der Waals surface area contributed by atoms with Gasteiger partial charge in [-0.3, -0.25) is 9.59 Å². The summed E-state index contributed by atoms with van der Waals surface area (Å²) in [4.78, 5) is 25.9. The molecule has 0 radical (unpaired) electrons. The fourth-order valence-electron chi connectivity index (χ4n) is 2.44. The highest BCUT2D eigenvalue weighted by Crippen LogP contribution is 2.35. The summed E-state index contributed by atoms with van der Waals surface area (Å²) in [5, 5.41) is 0. The number of ether oxygens (including phenoxy) is 1. The molecular formula is C16H22N2O3. The van der Waals surface area contributed by atoms with E-state index in [0.717, 1.165) is 0 Å². The van der Waals surface area contributed by atoms with Crippen LogP contribution in [-0.2, 0) is 4.79 Å². The van der Waals surface area contributed by atoms with E-state index in [2.05, 4.69) is 0 Å². The lowest BCUT2D eigenvalue weighted by molar-refractivity contribution is -0.118. The monoisotopic (exact) mass is 290 g/mol. The zero-order valence-corrected chi connectivity index (χ0v) is 12.6. The van der Waals surface area contributed by atoms with Crippen LogP contribution in [0.25, 0.3) is 0 Å². The highest BCUT2D eigenvalue weighted by molar-refractivity contribution is 6.00. The summed E-state index contributed by atoms with van der Waals surface area (Å²) >= 11 is 0. The van der Waals surface area contributed by atoms with Gasteiger partial charge in [-0.1, -0.05) is 6.92 Å². The number of nitrogens with two attached hydrogens (primary N) is 1. The van der Waals surface area contributed by atoms with Crippen molar-refractivity contribution in [1.82, 2.24) is 0 Å². The van der Waals surface area contributed by atoms with E-state index in [1.54, 1.807) is 23.1 Å². The summed E-state index contributed by atoms with van der Waals surface area (Å²) in [6.45, 7) is 4.77. The first-order chi connectivity index (χ1) is 10.1. The predicted molar refractivity (Wildman–Crippen MR) is 81.8 cm³/mol. The highest BCUT2D eigenvalue weighted by Gasteiger charge is 2.27. The Kier molecular flexibility index (Phi) is 4.96. The van der Waals surface area contributed by atoms with Crippen LogP contribution in [0.4, 0.5) is 5.69 Å². The molecule has 0 aliphatic carbocycles. The van der Waals surface area contributed by atoms with Crippen LogP contribution in [0, 0.1) is 0 Å². The normalized spacial score (nSPS) is 17.1. The third-order valence-corrected chi connectivity index (χ3v) is 3.55. The molecule has 5 nitrogen and oxygen atoms in total. The van der Waals surface area contributed by atoms with Gasteiger partial charge in [0.1, 0.15) is 11.9 Å². The fraction of sp³-hybridized carbons (Fsp3) is 0.500. The molecule has 1 aromatic carbocycles. The summed E-state index contributed by atoms with van der Waals surface area (Å²) in [5.41, 5.74) is 6.73. The molecule has 1 heterocycles. The largest absolute Gasteiger partial charge is 0.487 e. The van der Waals surface area contributed by atoms with Crippen LogP contribution in [0.2, 0.25) is 0 Å². The van der Waals surface area contributed by atoms with Gasteiger partial charge < -0.3 is 15.4 Å². The van der Waals surface area contributed by atoms with Crippen LogP contribution >= 0.6 is 0 Å². The summed E-state index contributed by atoms with van der Waals surface area (Å²) in [6.07, 6.45) is 1.47. The van der Waals surface area contributed by atoms with Gasteiger partial charge in [-0.25, -0.2) is 0 Å². The maximum Gasteiger partial charge on any atom is 0.226 e. The van der Waals surface area contributed by atoms with E-state index in [4.69, 9.17) is 10.5 Å². The second kappa shape index (κ2) is 6.72. The molecule has 2 rings (SSSR count). The first kappa shape index (κ1) is 15.5. The summed E-state index contributed by atoms with van der Waals surface area (Å²) in [7, 11) is 0. The van der Waals surface area contributed by atoms with E-state index in [1.165, 1.54) is 0 Å². The number of ketones is 1. The molecule has 1 atom stereocenters. The van der Waals surface area contributed by atoms with Crippen molar-refractivity contribution in [3.05, 3.63) is 23.8 Å². The Bertz CT molecular complexity index is 542. The van der Waals surface area contributed by atoms with Crippen LogP contribution in [0.5, 0.6) is 5.75 Å². The van der Waals surface area contributed by atoms with E-state index in [1.807, 2.05) is 13.8 Å². The van der Waals surface area contributed by atoms with E-state index in [-0.39, 0.29) is 17.8 Å². The maximum absolute atomic E-state index is 12.1. The minimum Gasteiger partial charge on any atom is -0.487 e. The summed E-state index contributed by atoms with van der Waals surface area (Å²) in [6, 6.07) is 5.29. The number of anilines is 1. The molecule has 1 unspecified atom stereocenters. The van der Waals surface area contributed by atoms with Crippen LogP contribution in [0.15, 0.2) is 18.2 Å². The van der Waals surface area contributed by atoms with E-state index < -0.39 is 0 Å². The number of rotatable bonds is 5. The molecule has 0 aromatic heterocycles. The topological polar surface area (TPSA) is 72.6 Å². The van der Waals surface area contributed by atoms with Gasteiger partial charge in [0.15, 0.2) is 5.78 Å². The average molecular weight is 290 g/mol. The fourth-order valence-corrected chi connectivity index (χ4v) is 2.44. The Morgan fingerprint density at radius 1 is 1.43 bits per heavy atom. The number of carbonyl (C=O) groups excluding carboxylic acids is 2. The molecule has 0 saturated carbocycles. The lowest BCUT2D eigenvalue weighted by Crippen LogP contribution is -2.42. The van der Waals surface area contributed by atoms with Gasteiger partial charge in [-0.2, -0.15) is 0 Å². The first-order valence-electron chi connectivity index (χ1n) is 7.41. The van der Waals surface area contributed by atoms with Crippen molar-refractivity contribution in [3.8, 4) is 5.75 Å². The third-order valence-electron chi connectivity index (χ3n) is 3.55. The van der Waals surface area contributed by atoms with Crippen molar-refractivity contribution < 1.29 is 14.3 Å². The molecule has 21 heavy (non-hydrogen) atoms. The second-order valence-corrected chi connectivity index (χ2v) is 5.28. The summed E-state index contributed by atoms with van der Waals surface area (Å²) in [5.74, 6) is 0.745. The molecule has 1 aromatic rings. The predicted octanol–water partition coefficient (Wildman–Crippen LogP) is 2.13. The Hall–Kier alpha value is -1.88. The second-order valence-electron chi connectivity index (χ2n) is 5.28. The van der Waals surface area contributed by atoms with E-state index in [0.29, 0.717) is 49.4 Å². The molecular weight excluding hydrogens is 268 g/mol. The van der Waals surface area contributed by atoms with E-state index >= 15 is 0 Å². The molecule has 0 saturated heterocycles. The van der Waals surface area contributed by atoms with Gasteiger partial charge in [0, 0.05) is 18.4 Å². The number of Topliss-reactive ketones (excluding diaryl/α,β-unsaturated/α-hetero) is 1. The molecule has 0 spiro atoms. The van der Waals surface area contributed by atoms with Crippen molar-refractivity contribution in [2.45, 2.75) is 39.2 Å².